The predicted molar refractivity (Wildman–Crippen MR) is 154 cm³/mol. The Kier molecular flexibility index (Phi) is 6.15. The number of anilines is 2. The molecule has 0 bridgehead atoms. The molecule has 3 heterocycles. The summed E-state index contributed by atoms with van der Waals surface area (Å²) in [6.07, 6.45) is 7.87. The van der Waals surface area contributed by atoms with Gasteiger partial charge in [0.1, 0.15) is 11.8 Å². The first-order chi connectivity index (χ1) is 18.7. The fraction of sp³-hybridized carbons (Fsp3) is 0.345. The van der Waals surface area contributed by atoms with E-state index >= 15 is 0 Å². The Morgan fingerprint density at radius 1 is 1.18 bits per heavy atom. The average Bonchev–Trinajstić information content (AvgIpc) is 3.49. The summed E-state index contributed by atoms with van der Waals surface area (Å²) in [5, 5.41) is 32.9. The minimum absolute atomic E-state index is 0.0167. The molecule has 1 saturated carbocycles. The van der Waals surface area contributed by atoms with E-state index in [1.807, 2.05) is 53.1 Å². The largest absolute Gasteiger partial charge is 0.383 e. The normalized spacial score (nSPS) is 14.5. The minimum Gasteiger partial charge on any atom is -0.383 e. The highest BCUT2D eigenvalue weighted by molar-refractivity contribution is 6.35. The van der Waals surface area contributed by atoms with Crippen LogP contribution in [0, 0.1) is 16.7 Å². The van der Waals surface area contributed by atoms with Crippen LogP contribution in [0.15, 0.2) is 48.9 Å². The van der Waals surface area contributed by atoms with Gasteiger partial charge in [-0.25, -0.2) is 4.68 Å². The quantitative estimate of drug-likeness (QED) is 0.252. The van der Waals surface area contributed by atoms with Crippen molar-refractivity contribution in [1.82, 2.24) is 29.8 Å². The van der Waals surface area contributed by atoms with Crippen LogP contribution in [0.4, 0.5) is 11.4 Å². The highest BCUT2D eigenvalue weighted by atomic mass is 35.5. The van der Waals surface area contributed by atoms with Gasteiger partial charge in [-0.3, -0.25) is 9.67 Å². The van der Waals surface area contributed by atoms with Crippen molar-refractivity contribution >= 4 is 44.8 Å². The topological polar surface area (TPSA) is 109 Å². The molecule has 10 heteroatoms. The van der Waals surface area contributed by atoms with Gasteiger partial charge in [0.15, 0.2) is 0 Å². The second-order valence-electron chi connectivity index (χ2n) is 11.4. The smallest absolute Gasteiger partial charge is 0.110 e. The summed E-state index contributed by atoms with van der Waals surface area (Å²) in [6.45, 7) is 7.13. The zero-order chi connectivity index (χ0) is 27.3. The van der Waals surface area contributed by atoms with Gasteiger partial charge in [-0.05, 0) is 42.0 Å². The summed E-state index contributed by atoms with van der Waals surface area (Å²) in [7, 11) is 1.92. The first-order valence-corrected chi connectivity index (χ1v) is 13.4. The van der Waals surface area contributed by atoms with Crippen LogP contribution in [-0.4, -0.2) is 36.3 Å². The van der Waals surface area contributed by atoms with Gasteiger partial charge in [0.05, 0.1) is 45.6 Å². The molecule has 1 aliphatic carbocycles. The van der Waals surface area contributed by atoms with Crippen molar-refractivity contribution in [3.63, 3.8) is 0 Å². The predicted octanol–water partition coefficient (Wildman–Crippen LogP) is 6.23. The number of halogens is 1. The Bertz CT molecular complexity index is 1730. The van der Waals surface area contributed by atoms with E-state index in [9.17, 15) is 5.26 Å². The van der Waals surface area contributed by atoms with Crippen molar-refractivity contribution in [3.05, 3.63) is 70.8 Å². The molecule has 1 atom stereocenters. The molecule has 0 unspecified atom stereocenters. The van der Waals surface area contributed by atoms with Crippen LogP contribution in [0.5, 0.6) is 0 Å². The Balaban J connectivity index is 1.47. The maximum Gasteiger partial charge on any atom is 0.110 e. The molecule has 6 rings (SSSR count). The van der Waals surface area contributed by atoms with E-state index in [4.69, 9.17) is 11.6 Å². The van der Waals surface area contributed by atoms with Crippen molar-refractivity contribution in [1.29, 1.82) is 5.26 Å². The summed E-state index contributed by atoms with van der Waals surface area (Å²) < 4.78 is 3.78. The van der Waals surface area contributed by atoms with Crippen LogP contribution in [-0.2, 0) is 7.05 Å². The average molecular weight is 540 g/mol. The van der Waals surface area contributed by atoms with Gasteiger partial charge in [0.2, 0.25) is 0 Å². The standard InChI is InChI=1S/C29H30ClN9/c1-29(2,3)16-33-26-17(12-31)13-32-27-21(26)10-18(11-23(27)30)34-28(25-15-39(37-35-25)19-8-9-19)20-6-5-7-24-22(20)14-38(4)36-24/h5-7,10-11,13-15,19,28,34H,8-9,16H2,1-4H3,(H,32,33)/t28-/m0/s1. The lowest BCUT2D eigenvalue weighted by atomic mass is 9.96. The highest BCUT2D eigenvalue weighted by Gasteiger charge is 2.28. The van der Waals surface area contributed by atoms with E-state index in [-0.39, 0.29) is 11.5 Å². The Labute approximate surface area is 231 Å². The van der Waals surface area contributed by atoms with E-state index in [2.05, 4.69) is 63.9 Å². The summed E-state index contributed by atoms with van der Waals surface area (Å²) >= 11 is 6.79. The third kappa shape index (κ3) is 5.00. The number of nitrogens with zero attached hydrogens (tertiary/aromatic N) is 7. The Morgan fingerprint density at radius 2 is 2.00 bits per heavy atom. The lowest BCUT2D eigenvalue weighted by Crippen LogP contribution is -2.20. The van der Waals surface area contributed by atoms with Crippen LogP contribution in [0.3, 0.4) is 0 Å². The third-order valence-corrected chi connectivity index (χ3v) is 7.19. The molecule has 198 valence electrons. The van der Waals surface area contributed by atoms with Crippen LogP contribution in [0.1, 0.15) is 62.5 Å². The molecule has 0 amide bonds. The molecule has 3 aromatic heterocycles. The number of pyridine rings is 1. The van der Waals surface area contributed by atoms with Gasteiger partial charge < -0.3 is 10.6 Å². The molecule has 0 saturated heterocycles. The van der Waals surface area contributed by atoms with E-state index in [0.29, 0.717) is 28.7 Å². The number of hydrogen-bond donors (Lipinski definition) is 2. The van der Waals surface area contributed by atoms with Crippen LogP contribution in [0.25, 0.3) is 21.8 Å². The molecular weight excluding hydrogens is 510 g/mol. The molecule has 39 heavy (non-hydrogen) atoms. The number of aryl methyl sites for hydroxylation is 1. The van der Waals surface area contributed by atoms with Crippen molar-refractivity contribution < 1.29 is 0 Å². The number of nitriles is 1. The zero-order valence-corrected chi connectivity index (χ0v) is 23.2. The fourth-order valence-corrected chi connectivity index (χ4v) is 5.09. The summed E-state index contributed by atoms with van der Waals surface area (Å²) in [4.78, 5) is 4.51. The van der Waals surface area contributed by atoms with E-state index in [1.54, 1.807) is 6.20 Å². The Morgan fingerprint density at radius 3 is 2.74 bits per heavy atom. The number of aromatic nitrogens is 6. The van der Waals surface area contributed by atoms with Crippen molar-refractivity contribution in [3.8, 4) is 6.07 Å². The van der Waals surface area contributed by atoms with Gasteiger partial charge in [-0.2, -0.15) is 10.4 Å². The number of rotatable bonds is 7. The van der Waals surface area contributed by atoms with Crippen molar-refractivity contribution in [2.75, 3.05) is 17.2 Å². The first kappa shape index (κ1) is 25.1. The van der Waals surface area contributed by atoms with E-state index in [0.717, 1.165) is 51.8 Å². The van der Waals surface area contributed by atoms with Crippen LogP contribution >= 0.6 is 11.6 Å². The second kappa shape index (κ2) is 9.54. The molecule has 9 nitrogen and oxygen atoms in total. The molecule has 0 spiro atoms. The number of benzene rings is 2. The molecule has 2 N–H and O–H groups in total. The lowest BCUT2D eigenvalue weighted by Gasteiger charge is -2.22. The zero-order valence-electron chi connectivity index (χ0n) is 22.4. The van der Waals surface area contributed by atoms with E-state index in [1.165, 1.54) is 0 Å². The summed E-state index contributed by atoms with van der Waals surface area (Å²) in [6, 6.07) is 12.4. The van der Waals surface area contributed by atoms with Gasteiger partial charge in [-0.15, -0.1) is 5.10 Å². The summed E-state index contributed by atoms with van der Waals surface area (Å²) in [5.74, 6) is 0. The van der Waals surface area contributed by atoms with Gasteiger partial charge >= 0.3 is 0 Å². The molecule has 0 aliphatic heterocycles. The van der Waals surface area contributed by atoms with E-state index < -0.39 is 0 Å². The third-order valence-electron chi connectivity index (χ3n) is 6.91. The highest BCUT2D eigenvalue weighted by Crippen LogP contribution is 2.38. The molecule has 1 aliphatic rings. The molecule has 1 fully saturated rings. The first-order valence-electron chi connectivity index (χ1n) is 13.1. The number of fused-ring (bicyclic) bond motifs is 2. The SMILES string of the molecule is Cn1cc2c([C@H](Nc3cc(Cl)c4ncc(C#N)c(NCC(C)(C)C)c4c3)c3cn(C4CC4)nn3)cccc2n1. The van der Waals surface area contributed by atoms with Gasteiger partial charge in [-0.1, -0.05) is 49.7 Å². The molecule has 5 aromatic rings. The molecule has 2 aromatic carbocycles. The maximum absolute atomic E-state index is 9.84. The van der Waals surface area contributed by atoms with Crippen molar-refractivity contribution in [2.45, 2.75) is 45.7 Å². The van der Waals surface area contributed by atoms with Crippen LogP contribution in [0.2, 0.25) is 5.02 Å². The number of nitrogens with one attached hydrogen (secondary N) is 2. The van der Waals surface area contributed by atoms with Gasteiger partial charge in [0, 0.05) is 42.4 Å². The number of hydrogen-bond acceptors (Lipinski definition) is 7. The Hall–Kier alpha value is -4.16. The minimum atomic E-state index is -0.308. The molecule has 0 radical (unpaired) electrons. The van der Waals surface area contributed by atoms with Crippen LogP contribution < -0.4 is 10.6 Å². The van der Waals surface area contributed by atoms with Crippen molar-refractivity contribution in [2.24, 2.45) is 12.5 Å². The van der Waals surface area contributed by atoms with Gasteiger partial charge in [0.25, 0.3) is 0 Å². The lowest BCUT2D eigenvalue weighted by molar-refractivity contribution is 0.443. The second-order valence-corrected chi connectivity index (χ2v) is 11.8. The molecular formula is C29H30ClN9. The fourth-order valence-electron chi connectivity index (χ4n) is 4.83. The monoisotopic (exact) mass is 539 g/mol. The maximum atomic E-state index is 9.84. The summed E-state index contributed by atoms with van der Waals surface area (Å²) in [5.41, 5.74) is 5.41.